The number of nitrogens with one attached hydrogen (secondary N) is 1. The lowest BCUT2D eigenvalue weighted by molar-refractivity contribution is 0.102. The summed E-state index contributed by atoms with van der Waals surface area (Å²) in [5.74, 6) is 0.239. The molecule has 100 valence electrons. The number of carbonyl (C=O) groups is 1. The van der Waals surface area contributed by atoms with Crippen molar-refractivity contribution in [3.05, 3.63) is 34.4 Å². The molecule has 0 aliphatic rings. The van der Waals surface area contributed by atoms with Crippen LogP contribution in [0.25, 0.3) is 0 Å². The van der Waals surface area contributed by atoms with Crippen molar-refractivity contribution in [2.24, 2.45) is 5.73 Å². The number of hydrogen-bond donors (Lipinski definition) is 2. The topological polar surface area (TPSA) is 90.1 Å². The van der Waals surface area contributed by atoms with Gasteiger partial charge in [0.25, 0.3) is 5.91 Å². The Morgan fingerprint density at radius 1 is 1.53 bits per heavy atom. The highest BCUT2D eigenvalue weighted by atomic mass is 32.1. The third-order valence-electron chi connectivity index (χ3n) is 2.35. The Hall–Kier alpha value is -1.99. The van der Waals surface area contributed by atoms with Crippen LogP contribution in [0.4, 0.5) is 5.69 Å². The van der Waals surface area contributed by atoms with E-state index in [1.165, 1.54) is 24.6 Å². The Kier molecular flexibility index (Phi) is 4.43. The molecule has 0 radical (unpaired) electrons. The third kappa shape index (κ3) is 3.49. The normalized spacial score (nSPS) is 10.2. The molecule has 0 aliphatic heterocycles. The summed E-state index contributed by atoms with van der Waals surface area (Å²) in [4.78, 5) is 20.1. The number of rotatable bonds is 5. The molecule has 0 saturated carbocycles. The molecule has 2 aromatic heterocycles. The van der Waals surface area contributed by atoms with Crippen LogP contribution in [0, 0.1) is 0 Å². The molecular weight excluding hydrogens is 264 g/mol. The Balaban J connectivity index is 2.02. The standard InChI is InChI=1S/C12H14N4O2S/c1-18-10-3-2-8(6-14-10)15-12(17)9-7-19-11(16-9)4-5-13/h2-3,6-7H,4-5,13H2,1H3,(H,15,17). The van der Waals surface area contributed by atoms with Crippen LogP contribution in [0.5, 0.6) is 5.88 Å². The van der Waals surface area contributed by atoms with Crippen LogP contribution in [0.15, 0.2) is 23.7 Å². The number of nitrogens with zero attached hydrogens (tertiary/aromatic N) is 2. The van der Waals surface area contributed by atoms with Crippen molar-refractivity contribution in [1.82, 2.24) is 9.97 Å². The average Bonchev–Trinajstić information content (AvgIpc) is 2.89. The fourth-order valence-electron chi connectivity index (χ4n) is 1.42. The molecule has 0 fully saturated rings. The van der Waals surface area contributed by atoms with Crippen molar-refractivity contribution < 1.29 is 9.53 Å². The Bertz CT molecular complexity index is 553. The second-order valence-corrected chi connectivity index (χ2v) is 4.65. The van der Waals surface area contributed by atoms with E-state index in [0.29, 0.717) is 30.2 Å². The summed E-state index contributed by atoms with van der Waals surface area (Å²) < 4.78 is 4.94. The minimum atomic E-state index is -0.258. The highest BCUT2D eigenvalue weighted by Crippen LogP contribution is 2.14. The SMILES string of the molecule is COc1ccc(NC(=O)c2csc(CCN)n2)cn1. The summed E-state index contributed by atoms with van der Waals surface area (Å²) in [5.41, 5.74) is 6.43. The highest BCUT2D eigenvalue weighted by Gasteiger charge is 2.10. The van der Waals surface area contributed by atoms with Crippen molar-refractivity contribution in [3.8, 4) is 5.88 Å². The van der Waals surface area contributed by atoms with Gasteiger partial charge in [0.1, 0.15) is 5.69 Å². The van der Waals surface area contributed by atoms with Crippen LogP contribution >= 0.6 is 11.3 Å². The molecule has 1 amide bonds. The number of pyridine rings is 1. The molecule has 0 saturated heterocycles. The molecule has 0 aliphatic carbocycles. The molecule has 0 unspecified atom stereocenters. The number of nitrogens with two attached hydrogens (primary N) is 1. The first-order valence-electron chi connectivity index (χ1n) is 5.69. The summed E-state index contributed by atoms with van der Waals surface area (Å²) in [6.45, 7) is 0.525. The first-order chi connectivity index (χ1) is 9.22. The average molecular weight is 278 g/mol. The van der Waals surface area contributed by atoms with Crippen LogP contribution in [-0.4, -0.2) is 29.5 Å². The minimum Gasteiger partial charge on any atom is -0.481 e. The highest BCUT2D eigenvalue weighted by molar-refractivity contribution is 7.09. The van der Waals surface area contributed by atoms with Gasteiger partial charge in [0.05, 0.1) is 24.0 Å². The van der Waals surface area contributed by atoms with Crippen molar-refractivity contribution in [1.29, 1.82) is 0 Å². The van der Waals surface area contributed by atoms with E-state index in [-0.39, 0.29) is 5.91 Å². The van der Waals surface area contributed by atoms with Crippen molar-refractivity contribution in [3.63, 3.8) is 0 Å². The van der Waals surface area contributed by atoms with Crippen molar-refractivity contribution in [2.45, 2.75) is 6.42 Å². The zero-order valence-electron chi connectivity index (χ0n) is 10.4. The van der Waals surface area contributed by atoms with Gasteiger partial charge in [-0.3, -0.25) is 4.79 Å². The minimum absolute atomic E-state index is 0.258. The summed E-state index contributed by atoms with van der Waals surface area (Å²) in [7, 11) is 1.54. The molecule has 0 aromatic carbocycles. The van der Waals surface area contributed by atoms with Crippen LogP contribution in [-0.2, 0) is 6.42 Å². The van der Waals surface area contributed by atoms with Gasteiger partial charge in [0.2, 0.25) is 5.88 Å². The number of anilines is 1. The molecule has 2 heterocycles. The first-order valence-corrected chi connectivity index (χ1v) is 6.56. The van der Waals surface area contributed by atoms with Gasteiger partial charge >= 0.3 is 0 Å². The maximum atomic E-state index is 11.9. The first kappa shape index (κ1) is 13.4. The second-order valence-electron chi connectivity index (χ2n) is 3.71. The van der Waals surface area contributed by atoms with E-state index in [1.807, 2.05) is 0 Å². The number of amides is 1. The summed E-state index contributed by atoms with van der Waals surface area (Å²) in [5, 5.41) is 5.30. The van der Waals surface area contributed by atoms with E-state index in [9.17, 15) is 4.79 Å². The van der Waals surface area contributed by atoms with Crippen LogP contribution in [0.3, 0.4) is 0 Å². The van der Waals surface area contributed by atoms with Crippen molar-refractivity contribution >= 4 is 22.9 Å². The number of thiazole rings is 1. The predicted molar refractivity (Wildman–Crippen MR) is 73.6 cm³/mol. The van der Waals surface area contributed by atoms with E-state index < -0.39 is 0 Å². The maximum absolute atomic E-state index is 11.9. The van der Waals surface area contributed by atoms with Gasteiger partial charge in [-0.1, -0.05) is 0 Å². The van der Waals surface area contributed by atoms with E-state index in [1.54, 1.807) is 17.5 Å². The summed E-state index contributed by atoms with van der Waals surface area (Å²) >= 11 is 1.43. The number of carbonyl (C=O) groups excluding carboxylic acids is 1. The summed E-state index contributed by atoms with van der Waals surface area (Å²) in [6, 6.07) is 3.40. The number of ether oxygens (including phenoxy) is 1. The molecule has 19 heavy (non-hydrogen) atoms. The molecule has 3 N–H and O–H groups in total. The summed E-state index contributed by atoms with van der Waals surface area (Å²) in [6.07, 6.45) is 2.21. The van der Waals surface area contributed by atoms with E-state index in [4.69, 9.17) is 10.5 Å². The van der Waals surface area contributed by atoms with Gasteiger partial charge in [-0.2, -0.15) is 0 Å². The van der Waals surface area contributed by atoms with Gasteiger partial charge in [-0.15, -0.1) is 11.3 Å². The zero-order valence-corrected chi connectivity index (χ0v) is 11.2. The predicted octanol–water partition coefficient (Wildman–Crippen LogP) is 1.30. The van der Waals surface area contributed by atoms with Crippen molar-refractivity contribution in [2.75, 3.05) is 19.0 Å². The lowest BCUT2D eigenvalue weighted by Crippen LogP contribution is -2.13. The lowest BCUT2D eigenvalue weighted by Gasteiger charge is -2.03. The molecule has 7 heteroatoms. The van der Waals surface area contributed by atoms with Crippen LogP contribution < -0.4 is 15.8 Å². The smallest absolute Gasteiger partial charge is 0.275 e. The van der Waals surface area contributed by atoms with E-state index in [2.05, 4.69) is 15.3 Å². The Labute approximate surface area is 114 Å². The fourth-order valence-corrected chi connectivity index (χ4v) is 2.22. The van der Waals surface area contributed by atoms with E-state index >= 15 is 0 Å². The Morgan fingerprint density at radius 3 is 3.00 bits per heavy atom. The third-order valence-corrected chi connectivity index (χ3v) is 3.25. The molecule has 2 rings (SSSR count). The quantitative estimate of drug-likeness (QED) is 0.860. The molecular formula is C12H14N4O2S. The van der Waals surface area contributed by atoms with Gasteiger partial charge in [0.15, 0.2) is 0 Å². The van der Waals surface area contributed by atoms with Gasteiger partial charge in [-0.25, -0.2) is 9.97 Å². The van der Waals surface area contributed by atoms with E-state index in [0.717, 1.165) is 5.01 Å². The largest absolute Gasteiger partial charge is 0.481 e. The van der Waals surface area contributed by atoms with Crippen LogP contribution in [0.1, 0.15) is 15.5 Å². The lowest BCUT2D eigenvalue weighted by atomic mass is 10.3. The molecule has 2 aromatic rings. The monoisotopic (exact) mass is 278 g/mol. The van der Waals surface area contributed by atoms with Gasteiger partial charge in [0, 0.05) is 17.9 Å². The molecule has 0 spiro atoms. The zero-order chi connectivity index (χ0) is 13.7. The van der Waals surface area contributed by atoms with Gasteiger partial charge in [-0.05, 0) is 12.6 Å². The molecule has 0 bridgehead atoms. The maximum Gasteiger partial charge on any atom is 0.275 e. The number of aromatic nitrogens is 2. The Morgan fingerprint density at radius 2 is 2.37 bits per heavy atom. The fraction of sp³-hybridized carbons (Fsp3) is 0.250. The second kappa shape index (κ2) is 6.26. The number of methoxy groups -OCH3 is 1. The number of hydrogen-bond acceptors (Lipinski definition) is 6. The molecule has 6 nitrogen and oxygen atoms in total. The van der Waals surface area contributed by atoms with Crippen LogP contribution in [0.2, 0.25) is 0 Å². The van der Waals surface area contributed by atoms with Gasteiger partial charge < -0.3 is 15.8 Å². The molecule has 0 atom stereocenters.